The Morgan fingerprint density at radius 3 is 2.64 bits per heavy atom. The van der Waals surface area contributed by atoms with E-state index in [1.165, 1.54) is 0 Å². The maximum absolute atomic E-state index is 5.73. The average molecular weight is 361 g/mol. The Labute approximate surface area is 137 Å². The Kier molecular flexibility index (Phi) is 4.07. The van der Waals surface area contributed by atoms with Crippen molar-refractivity contribution in [1.29, 1.82) is 0 Å². The summed E-state index contributed by atoms with van der Waals surface area (Å²) in [5.74, 6) is 2.46. The van der Waals surface area contributed by atoms with Crippen LogP contribution in [0, 0.1) is 0 Å². The fourth-order valence-corrected chi connectivity index (χ4v) is 2.72. The van der Waals surface area contributed by atoms with Crippen LogP contribution in [0.3, 0.4) is 0 Å². The fraction of sp³-hybridized carbons (Fsp3) is 0.235. The number of ether oxygens (including phenoxy) is 2. The maximum atomic E-state index is 5.73. The molecule has 0 bridgehead atoms. The Balaban J connectivity index is 1.98. The first-order valence-electron chi connectivity index (χ1n) is 7.07. The van der Waals surface area contributed by atoms with Gasteiger partial charge in [0.1, 0.15) is 17.3 Å². The number of imidazole rings is 1. The Morgan fingerprint density at radius 1 is 1.14 bits per heavy atom. The summed E-state index contributed by atoms with van der Waals surface area (Å²) < 4.78 is 11.9. The molecule has 0 spiro atoms. The lowest BCUT2D eigenvalue weighted by atomic mass is 10.2. The quantitative estimate of drug-likeness (QED) is 0.727. The molecular formula is C17H17BrN2O2. The molecular weight excluding hydrogens is 344 g/mol. The number of rotatable bonds is 4. The van der Waals surface area contributed by atoms with Crippen molar-refractivity contribution in [2.45, 2.75) is 20.0 Å². The van der Waals surface area contributed by atoms with Crippen molar-refractivity contribution in [1.82, 2.24) is 9.97 Å². The Bertz CT molecular complexity index is 812. The smallest absolute Gasteiger partial charge is 0.138 e. The summed E-state index contributed by atoms with van der Waals surface area (Å²) in [6.07, 6.45) is 0.140. The molecule has 0 aliphatic carbocycles. The minimum Gasteiger partial charge on any atom is -0.497 e. The SMILES string of the molecule is COc1ccc2nc(-c3ccc(OC(C)C)c(Br)c3)[nH]c2c1. The number of H-pyrrole nitrogens is 1. The van der Waals surface area contributed by atoms with Gasteiger partial charge < -0.3 is 14.5 Å². The number of fused-ring (bicyclic) bond motifs is 1. The molecule has 1 heterocycles. The molecule has 0 unspecified atom stereocenters. The number of aromatic amines is 1. The van der Waals surface area contributed by atoms with Gasteiger partial charge in [0.2, 0.25) is 0 Å². The number of aromatic nitrogens is 2. The molecule has 3 aromatic rings. The molecule has 1 N–H and O–H groups in total. The van der Waals surface area contributed by atoms with E-state index in [9.17, 15) is 0 Å². The summed E-state index contributed by atoms with van der Waals surface area (Å²) in [6, 6.07) is 11.7. The van der Waals surface area contributed by atoms with E-state index in [1.54, 1.807) is 7.11 Å². The van der Waals surface area contributed by atoms with Gasteiger partial charge in [-0.25, -0.2) is 4.98 Å². The molecule has 22 heavy (non-hydrogen) atoms. The molecule has 0 amide bonds. The zero-order valence-corrected chi connectivity index (χ0v) is 14.3. The van der Waals surface area contributed by atoms with Crippen molar-refractivity contribution in [3.8, 4) is 22.9 Å². The van der Waals surface area contributed by atoms with Crippen LogP contribution in [0.25, 0.3) is 22.4 Å². The summed E-state index contributed by atoms with van der Waals surface area (Å²) in [7, 11) is 1.66. The van der Waals surface area contributed by atoms with Gasteiger partial charge in [-0.05, 0) is 60.1 Å². The van der Waals surface area contributed by atoms with Crippen molar-refractivity contribution >= 4 is 27.0 Å². The number of nitrogens with zero attached hydrogens (tertiary/aromatic N) is 1. The van der Waals surface area contributed by atoms with E-state index in [-0.39, 0.29) is 6.10 Å². The highest BCUT2D eigenvalue weighted by molar-refractivity contribution is 9.10. The number of hydrogen-bond acceptors (Lipinski definition) is 3. The molecule has 0 aliphatic heterocycles. The Hall–Kier alpha value is -2.01. The molecule has 0 radical (unpaired) electrons. The fourth-order valence-electron chi connectivity index (χ4n) is 2.25. The van der Waals surface area contributed by atoms with E-state index in [1.807, 2.05) is 50.2 Å². The minimum atomic E-state index is 0.140. The molecule has 0 aliphatic rings. The number of hydrogen-bond donors (Lipinski definition) is 1. The molecule has 0 saturated carbocycles. The highest BCUT2D eigenvalue weighted by atomic mass is 79.9. The van der Waals surface area contributed by atoms with Gasteiger partial charge in [-0.2, -0.15) is 0 Å². The number of nitrogens with one attached hydrogen (secondary N) is 1. The van der Waals surface area contributed by atoms with Gasteiger partial charge in [0, 0.05) is 11.6 Å². The van der Waals surface area contributed by atoms with Crippen molar-refractivity contribution < 1.29 is 9.47 Å². The predicted molar refractivity (Wildman–Crippen MR) is 91.5 cm³/mol. The molecule has 3 rings (SSSR count). The molecule has 0 saturated heterocycles. The van der Waals surface area contributed by atoms with Crippen LogP contribution in [0.2, 0.25) is 0 Å². The summed E-state index contributed by atoms with van der Waals surface area (Å²) in [5.41, 5.74) is 2.86. The zero-order valence-electron chi connectivity index (χ0n) is 12.7. The Morgan fingerprint density at radius 2 is 1.95 bits per heavy atom. The number of benzene rings is 2. The minimum absolute atomic E-state index is 0.140. The highest BCUT2D eigenvalue weighted by Gasteiger charge is 2.10. The van der Waals surface area contributed by atoms with Crippen LogP contribution in [0.5, 0.6) is 11.5 Å². The number of methoxy groups -OCH3 is 1. The number of halogens is 1. The van der Waals surface area contributed by atoms with E-state index in [0.29, 0.717) is 0 Å². The summed E-state index contributed by atoms with van der Waals surface area (Å²) in [4.78, 5) is 7.94. The zero-order chi connectivity index (χ0) is 15.7. The van der Waals surface area contributed by atoms with E-state index < -0.39 is 0 Å². The third kappa shape index (κ3) is 2.95. The third-order valence-corrected chi connectivity index (χ3v) is 3.88. The molecule has 114 valence electrons. The molecule has 0 fully saturated rings. The van der Waals surface area contributed by atoms with Crippen molar-refractivity contribution in [2.24, 2.45) is 0 Å². The van der Waals surface area contributed by atoms with Crippen LogP contribution in [-0.2, 0) is 0 Å². The normalized spacial score (nSPS) is 11.1. The van der Waals surface area contributed by atoms with Crippen molar-refractivity contribution in [3.63, 3.8) is 0 Å². The van der Waals surface area contributed by atoms with Gasteiger partial charge in [-0.15, -0.1) is 0 Å². The second-order valence-corrected chi connectivity index (χ2v) is 6.13. The largest absolute Gasteiger partial charge is 0.497 e. The second kappa shape index (κ2) is 6.01. The first-order chi connectivity index (χ1) is 10.6. The van der Waals surface area contributed by atoms with Crippen LogP contribution >= 0.6 is 15.9 Å². The molecule has 1 aromatic heterocycles. The maximum Gasteiger partial charge on any atom is 0.138 e. The lowest BCUT2D eigenvalue weighted by Gasteiger charge is -2.11. The van der Waals surface area contributed by atoms with Crippen molar-refractivity contribution in [3.05, 3.63) is 40.9 Å². The summed E-state index contributed by atoms with van der Waals surface area (Å²) in [5, 5.41) is 0. The lowest BCUT2D eigenvalue weighted by molar-refractivity contribution is 0.241. The lowest BCUT2D eigenvalue weighted by Crippen LogP contribution is -2.05. The first kappa shape index (κ1) is 14.9. The van der Waals surface area contributed by atoms with E-state index in [2.05, 4.69) is 25.9 Å². The van der Waals surface area contributed by atoms with E-state index in [0.717, 1.165) is 38.4 Å². The third-order valence-electron chi connectivity index (χ3n) is 3.26. The van der Waals surface area contributed by atoms with E-state index in [4.69, 9.17) is 9.47 Å². The van der Waals surface area contributed by atoms with Crippen LogP contribution < -0.4 is 9.47 Å². The predicted octanol–water partition coefficient (Wildman–Crippen LogP) is 4.79. The van der Waals surface area contributed by atoms with Crippen LogP contribution in [0.4, 0.5) is 0 Å². The van der Waals surface area contributed by atoms with Gasteiger partial charge in [0.05, 0.1) is 28.7 Å². The molecule has 0 atom stereocenters. The molecule has 4 nitrogen and oxygen atoms in total. The van der Waals surface area contributed by atoms with Gasteiger partial charge >= 0.3 is 0 Å². The van der Waals surface area contributed by atoms with E-state index >= 15 is 0 Å². The monoisotopic (exact) mass is 360 g/mol. The van der Waals surface area contributed by atoms with Crippen LogP contribution in [0.1, 0.15) is 13.8 Å². The highest BCUT2D eigenvalue weighted by Crippen LogP contribution is 2.31. The van der Waals surface area contributed by atoms with Gasteiger partial charge in [0.15, 0.2) is 0 Å². The van der Waals surface area contributed by atoms with Gasteiger partial charge in [-0.1, -0.05) is 0 Å². The topological polar surface area (TPSA) is 47.1 Å². The summed E-state index contributed by atoms with van der Waals surface area (Å²) in [6.45, 7) is 4.01. The van der Waals surface area contributed by atoms with Gasteiger partial charge in [-0.3, -0.25) is 0 Å². The van der Waals surface area contributed by atoms with Gasteiger partial charge in [0.25, 0.3) is 0 Å². The summed E-state index contributed by atoms with van der Waals surface area (Å²) >= 11 is 3.55. The second-order valence-electron chi connectivity index (χ2n) is 5.28. The van der Waals surface area contributed by atoms with Crippen LogP contribution in [0.15, 0.2) is 40.9 Å². The van der Waals surface area contributed by atoms with Crippen molar-refractivity contribution in [2.75, 3.05) is 7.11 Å². The standard InChI is InChI=1S/C17H17BrN2O2/c1-10(2)22-16-7-4-11(8-13(16)18)17-19-14-6-5-12(21-3)9-15(14)20-17/h4-10H,1-3H3,(H,19,20). The average Bonchev–Trinajstić information content (AvgIpc) is 2.91. The van der Waals surface area contributed by atoms with Crippen LogP contribution in [-0.4, -0.2) is 23.2 Å². The molecule has 2 aromatic carbocycles. The first-order valence-corrected chi connectivity index (χ1v) is 7.86. The molecule has 5 heteroatoms.